The van der Waals surface area contributed by atoms with Gasteiger partial charge in [0.15, 0.2) is 0 Å². The van der Waals surface area contributed by atoms with Crippen molar-refractivity contribution in [3.8, 4) is 11.8 Å². The molecule has 4 nitrogen and oxygen atoms in total. The number of nitrogens with one attached hydrogen (secondary N) is 1. The molecule has 1 atom stereocenters. The Kier molecular flexibility index (Phi) is 6.03. The molecule has 0 fully saturated rings. The van der Waals surface area contributed by atoms with Gasteiger partial charge in [0.1, 0.15) is 18.4 Å². The summed E-state index contributed by atoms with van der Waals surface area (Å²) in [5.74, 6) is 0.791. The van der Waals surface area contributed by atoms with Crippen molar-refractivity contribution >= 4 is 5.69 Å². The van der Waals surface area contributed by atoms with E-state index in [0.717, 1.165) is 24.4 Å². The minimum absolute atomic E-state index is 0.257. The summed E-state index contributed by atoms with van der Waals surface area (Å²) in [5, 5.41) is 12.1. The van der Waals surface area contributed by atoms with Crippen LogP contribution >= 0.6 is 0 Å². The predicted octanol–water partition coefficient (Wildman–Crippen LogP) is 2.02. The van der Waals surface area contributed by atoms with Gasteiger partial charge in [-0.1, -0.05) is 13.0 Å². The highest BCUT2D eigenvalue weighted by Crippen LogP contribution is 2.19. The van der Waals surface area contributed by atoms with E-state index in [2.05, 4.69) is 18.3 Å². The van der Waals surface area contributed by atoms with Crippen molar-refractivity contribution in [3.63, 3.8) is 0 Å². The van der Waals surface area contributed by atoms with Gasteiger partial charge in [0, 0.05) is 25.8 Å². The van der Waals surface area contributed by atoms with Crippen LogP contribution < -0.4 is 15.0 Å². The van der Waals surface area contributed by atoms with Gasteiger partial charge in [-0.25, -0.2) is 0 Å². The van der Waals surface area contributed by atoms with Crippen LogP contribution in [-0.2, 0) is 0 Å². The quantitative estimate of drug-likeness (QED) is 0.801. The molecule has 1 rings (SSSR count). The molecule has 1 aromatic carbocycles. The van der Waals surface area contributed by atoms with E-state index in [4.69, 9.17) is 10.00 Å². The monoisotopic (exact) mass is 247 g/mol. The molecule has 0 aliphatic rings. The van der Waals surface area contributed by atoms with E-state index in [1.54, 1.807) is 0 Å². The van der Waals surface area contributed by atoms with E-state index < -0.39 is 0 Å². The van der Waals surface area contributed by atoms with E-state index in [9.17, 15) is 0 Å². The molecule has 4 heteroatoms. The van der Waals surface area contributed by atoms with Crippen LogP contribution in [0.25, 0.3) is 0 Å². The van der Waals surface area contributed by atoms with Crippen molar-refractivity contribution in [2.75, 3.05) is 32.1 Å². The first-order valence-corrected chi connectivity index (χ1v) is 6.20. The van der Waals surface area contributed by atoms with Gasteiger partial charge in [-0.15, -0.1) is 0 Å². The van der Waals surface area contributed by atoms with Gasteiger partial charge in [-0.05, 0) is 25.1 Å². The number of benzene rings is 1. The summed E-state index contributed by atoms with van der Waals surface area (Å²) in [7, 11) is 3.97. The van der Waals surface area contributed by atoms with Crippen molar-refractivity contribution in [2.24, 2.45) is 0 Å². The summed E-state index contributed by atoms with van der Waals surface area (Å²) in [4.78, 5) is 2.02. The molecule has 0 aliphatic carbocycles. The highest BCUT2D eigenvalue weighted by Gasteiger charge is 2.07. The fourth-order valence-electron chi connectivity index (χ4n) is 1.49. The fraction of sp³-hybridized carbons (Fsp3) is 0.500. The molecular formula is C14H21N3O. The maximum absolute atomic E-state index is 8.97. The maximum atomic E-state index is 8.97. The third kappa shape index (κ3) is 4.64. The van der Waals surface area contributed by atoms with Crippen molar-refractivity contribution in [1.29, 1.82) is 5.26 Å². The molecule has 98 valence electrons. The summed E-state index contributed by atoms with van der Waals surface area (Å²) in [5.41, 5.74) is 1.09. The second kappa shape index (κ2) is 7.57. The van der Waals surface area contributed by atoms with Crippen LogP contribution in [0.2, 0.25) is 0 Å². The van der Waals surface area contributed by atoms with Gasteiger partial charge in [-0.3, -0.25) is 5.32 Å². The van der Waals surface area contributed by atoms with Crippen LogP contribution in [0.1, 0.15) is 13.3 Å². The first kappa shape index (κ1) is 14.3. The zero-order chi connectivity index (χ0) is 13.4. The SMILES string of the molecule is CCCNC(C#N)COc1cccc(N(C)C)c1. The average molecular weight is 247 g/mol. The van der Waals surface area contributed by atoms with Crippen molar-refractivity contribution < 1.29 is 4.74 Å². The third-order valence-corrected chi connectivity index (χ3v) is 2.55. The highest BCUT2D eigenvalue weighted by molar-refractivity contribution is 5.49. The second-order valence-electron chi connectivity index (χ2n) is 4.34. The van der Waals surface area contributed by atoms with Gasteiger partial charge < -0.3 is 9.64 Å². The van der Waals surface area contributed by atoms with E-state index in [1.807, 2.05) is 43.3 Å². The van der Waals surface area contributed by atoms with Crippen molar-refractivity contribution in [2.45, 2.75) is 19.4 Å². The zero-order valence-corrected chi connectivity index (χ0v) is 11.3. The Bertz CT molecular complexity index is 398. The lowest BCUT2D eigenvalue weighted by molar-refractivity contribution is 0.289. The minimum atomic E-state index is -0.257. The predicted molar refractivity (Wildman–Crippen MR) is 74.0 cm³/mol. The van der Waals surface area contributed by atoms with Crippen LogP contribution in [0, 0.1) is 11.3 Å². The van der Waals surface area contributed by atoms with Gasteiger partial charge >= 0.3 is 0 Å². The number of rotatable bonds is 7. The second-order valence-corrected chi connectivity index (χ2v) is 4.34. The largest absolute Gasteiger partial charge is 0.491 e. The van der Waals surface area contributed by atoms with Crippen LogP contribution in [-0.4, -0.2) is 33.3 Å². The molecule has 0 amide bonds. The maximum Gasteiger partial charge on any atom is 0.130 e. The van der Waals surface area contributed by atoms with E-state index >= 15 is 0 Å². The first-order valence-electron chi connectivity index (χ1n) is 6.20. The zero-order valence-electron chi connectivity index (χ0n) is 11.3. The molecule has 0 heterocycles. The van der Waals surface area contributed by atoms with Crippen molar-refractivity contribution in [3.05, 3.63) is 24.3 Å². The summed E-state index contributed by atoms with van der Waals surface area (Å²) >= 11 is 0. The molecule has 1 unspecified atom stereocenters. The Labute approximate surface area is 109 Å². The molecule has 1 aromatic rings. The minimum Gasteiger partial charge on any atom is -0.491 e. The molecule has 0 spiro atoms. The molecule has 0 aliphatic heterocycles. The summed E-state index contributed by atoms with van der Waals surface area (Å²) in [6.45, 7) is 3.27. The smallest absolute Gasteiger partial charge is 0.130 e. The number of hydrogen-bond acceptors (Lipinski definition) is 4. The molecule has 1 N–H and O–H groups in total. The summed E-state index contributed by atoms with van der Waals surface area (Å²) in [6.07, 6.45) is 1.01. The molecule has 0 bridgehead atoms. The van der Waals surface area contributed by atoms with E-state index in [-0.39, 0.29) is 6.04 Å². The highest BCUT2D eigenvalue weighted by atomic mass is 16.5. The topological polar surface area (TPSA) is 48.3 Å². The summed E-state index contributed by atoms with van der Waals surface area (Å²) in [6, 6.07) is 9.78. The lowest BCUT2D eigenvalue weighted by Crippen LogP contribution is -2.33. The Morgan fingerprint density at radius 3 is 2.83 bits per heavy atom. The normalized spacial score (nSPS) is 11.7. The van der Waals surface area contributed by atoms with Crippen LogP contribution in [0.5, 0.6) is 5.75 Å². The number of hydrogen-bond donors (Lipinski definition) is 1. The average Bonchev–Trinajstić information content (AvgIpc) is 2.39. The molecule has 0 saturated carbocycles. The first-order chi connectivity index (χ1) is 8.67. The molecule has 0 aromatic heterocycles. The van der Waals surface area contributed by atoms with Crippen molar-refractivity contribution in [1.82, 2.24) is 5.32 Å². The molecule has 0 saturated heterocycles. The Hall–Kier alpha value is -1.73. The number of nitriles is 1. The van der Waals surface area contributed by atoms with Crippen LogP contribution in [0.15, 0.2) is 24.3 Å². The number of anilines is 1. The number of ether oxygens (including phenoxy) is 1. The molecule has 18 heavy (non-hydrogen) atoms. The van der Waals surface area contributed by atoms with E-state index in [1.165, 1.54) is 0 Å². The number of nitrogens with zero attached hydrogens (tertiary/aromatic N) is 2. The molecular weight excluding hydrogens is 226 g/mol. The van der Waals surface area contributed by atoms with E-state index in [0.29, 0.717) is 6.61 Å². The lowest BCUT2D eigenvalue weighted by atomic mass is 10.3. The van der Waals surface area contributed by atoms with Gasteiger partial charge in [-0.2, -0.15) is 5.26 Å². The fourth-order valence-corrected chi connectivity index (χ4v) is 1.49. The van der Waals surface area contributed by atoms with Gasteiger partial charge in [0.25, 0.3) is 0 Å². The third-order valence-electron chi connectivity index (χ3n) is 2.55. The van der Waals surface area contributed by atoms with Gasteiger partial charge in [0.05, 0.1) is 6.07 Å². The van der Waals surface area contributed by atoms with Gasteiger partial charge in [0.2, 0.25) is 0 Å². The standard InChI is InChI=1S/C14H21N3O/c1-4-8-16-12(10-15)11-18-14-7-5-6-13(9-14)17(2)3/h5-7,9,12,16H,4,8,11H2,1-3H3. The van der Waals surface area contributed by atoms with Crippen LogP contribution in [0.3, 0.4) is 0 Å². The summed E-state index contributed by atoms with van der Waals surface area (Å²) < 4.78 is 5.64. The van der Waals surface area contributed by atoms with Crippen LogP contribution in [0.4, 0.5) is 5.69 Å². The Morgan fingerprint density at radius 1 is 1.44 bits per heavy atom. The lowest BCUT2D eigenvalue weighted by Gasteiger charge is -2.15. The molecule has 0 radical (unpaired) electrons. The Balaban J connectivity index is 2.52. The Morgan fingerprint density at radius 2 is 2.22 bits per heavy atom.